The Labute approximate surface area is 174 Å². The van der Waals surface area contributed by atoms with Crippen LogP contribution in [0.4, 0.5) is 18.9 Å². The van der Waals surface area contributed by atoms with Gasteiger partial charge in [-0.15, -0.1) is 0 Å². The summed E-state index contributed by atoms with van der Waals surface area (Å²) in [5.74, 6) is -1.91. The Kier molecular flexibility index (Phi) is 8.45. The van der Waals surface area contributed by atoms with Gasteiger partial charge in [-0.2, -0.15) is 22.8 Å². The van der Waals surface area contributed by atoms with Crippen molar-refractivity contribution in [2.45, 2.75) is 32.0 Å². The van der Waals surface area contributed by atoms with E-state index >= 15 is 0 Å². The summed E-state index contributed by atoms with van der Waals surface area (Å²) in [5, 5.41) is 11.4. The van der Waals surface area contributed by atoms with Crippen LogP contribution in [0.1, 0.15) is 35.3 Å². The van der Waals surface area contributed by atoms with Crippen molar-refractivity contribution in [2.24, 2.45) is 0 Å². The highest BCUT2D eigenvalue weighted by molar-refractivity contribution is 5.92. The molecule has 0 fully saturated rings. The summed E-state index contributed by atoms with van der Waals surface area (Å²) in [5.41, 5.74) is -3.28. The molecule has 0 saturated carbocycles. The van der Waals surface area contributed by atoms with Gasteiger partial charge in [0.1, 0.15) is 5.60 Å². The van der Waals surface area contributed by atoms with Gasteiger partial charge in [0.2, 0.25) is 0 Å². The zero-order valence-corrected chi connectivity index (χ0v) is 16.7. The highest BCUT2D eigenvalue weighted by Crippen LogP contribution is 2.40. The van der Waals surface area contributed by atoms with E-state index < -0.39 is 45.2 Å². The Hall–Kier alpha value is -3.72. The lowest BCUT2D eigenvalue weighted by Gasteiger charge is -2.27. The van der Waals surface area contributed by atoms with Crippen LogP contribution in [-0.2, 0) is 26.9 Å². The van der Waals surface area contributed by atoms with E-state index in [2.05, 4.69) is 4.74 Å². The summed E-state index contributed by atoms with van der Waals surface area (Å²) >= 11 is 0. The number of nitro groups is 1. The third-order valence-corrected chi connectivity index (χ3v) is 3.87. The van der Waals surface area contributed by atoms with Crippen molar-refractivity contribution in [3.05, 3.63) is 69.3 Å². The number of hydrogen-bond acceptors (Lipinski definition) is 7. The molecule has 0 bridgehead atoms. The van der Waals surface area contributed by atoms with E-state index in [1.165, 1.54) is 0 Å². The third kappa shape index (κ3) is 7.23. The largest absolute Gasteiger partial charge is 0.480 e. The number of carbonyl (C=O) groups is 1. The molecule has 0 atom stereocenters. The number of methoxy groups -OCH3 is 1. The van der Waals surface area contributed by atoms with Crippen molar-refractivity contribution in [1.29, 1.82) is 0 Å². The van der Waals surface area contributed by atoms with Crippen LogP contribution in [0.2, 0.25) is 0 Å². The molecule has 0 aliphatic rings. The fourth-order valence-corrected chi connectivity index (χ4v) is 2.73. The molecule has 0 radical (unpaired) electrons. The van der Waals surface area contributed by atoms with E-state index in [1.54, 1.807) is 38.1 Å². The lowest BCUT2D eigenvalue weighted by molar-refractivity contribution is -0.386. The van der Waals surface area contributed by atoms with Gasteiger partial charge < -0.3 is 9.47 Å². The number of nitro benzene ring substituents is 1. The van der Waals surface area contributed by atoms with Gasteiger partial charge >= 0.3 is 24.0 Å². The zero-order valence-electron chi connectivity index (χ0n) is 16.7. The highest BCUT2D eigenvalue weighted by atomic mass is 19.4. The average molecular weight is 441 g/mol. The van der Waals surface area contributed by atoms with Crippen LogP contribution in [-0.4, -0.2) is 29.8 Å². The second kappa shape index (κ2) is 10.4. The van der Waals surface area contributed by atoms with Gasteiger partial charge in [-0.05, 0) is 19.4 Å². The summed E-state index contributed by atoms with van der Waals surface area (Å²) in [7, 11) is 0.891. The number of hydrogen-bond donors (Lipinski definition) is 0. The lowest BCUT2D eigenvalue weighted by Crippen LogP contribution is -2.31. The molecule has 2 aromatic carbocycles. The molecule has 31 heavy (non-hydrogen) atoms. The average Bonchev–Trinajstić information content (AvgIpc) is 2.66. The monoisotopic (exact) mass is 441 g/mol. The highest BCUT2D eigenvalue weighted by Gasteiger charge is 2.39. The maximum Gasteiger partial charge on any atom is 0.417 e. The minimum Gasteiger partial charge on any atom is -0.480 e. The number of alkyl halides is 3. The van der Waals surface area contributed by atoms with Crippen LogP contribution < -0.4 is 4.74 Å². The van der Waals surface area contributed by atoms with Crippen LogP contribution in [0.3, 0.4) is 0 Å². The zero-order chi connectivity index (χ0) is 23.8. The third-order valence-electron chi connectivity index (χ3n) is 3.87. The molecule has 0 aromatic heterocycles. The van der Waals surface area contributed by atoms with Crippen molar-refractivity contribution >= 4 is 17.8 Å². The molecule has 166 valence electrons. The van der Waals surface area contributed by atoms with Gasteiger partial charge in [-0.25, -0.2) is 4.79 Å². The first-order chi connectivity index (χ1) is 14.4. The van der Waals surface area contributed by atoms with E-state index in [0.29, 0.717) is 18.6 Å². The second-order valence-corrected chi connectivity index (χ2v) is 6.72. The van der Waals surface area contributed by atoms with Crippen molar-refractivity contribution in [2.75, 3.05) is 7.11 Å². The van der Waals surface area contributed by atoms with E-state index in [4.69, 9.17) is 14.3 Å². The van der Waals surface area contributed by atoms with Crippen molar-refractivity contribution in [3.63, 3.8) is 0 Å². The summed E-state index contributed by atoms with van der Waals surface area (Å²) in [6.07, 6.45) is -4.38. The Morgan fingerprint density at radius 1 is 1.13 bits per heavy atom. The van der Waals surface area contributed by atoms with Gasteiger partial charge in [-0.1, -0.05) is 30.3 Å². The summed E-state index contributed by atoms with van der Waals surface area (Å²) in [6, 6.07) is 10.0. The number of esters is 1. The Bertz CT molecular complexity index is 967. The molecule has 0 amide bonds. The Morgan fingerprint density at radius 2 is 1.68 bits per heavy atom. The molecule has 2 aromatic rings. The smallest absolute Gasteiger partial charge is 0.417 e. The maximum atomic E-state index is 13.4. The lowest BCUT2D eigenvalue weighted by atomic mass is 9.98. The number of ether oxygens (including phenoxy) is 2. The number of carbonyl (C=O) groups excluding carboxylic acids is 3. The molecule has 2 rings (SSSR count). The number of benzene rings is 2. The first kappa shape index (κ1) is 25.3. The van der Waals surface area contributed by atoms with Gasteiger partial charge in [0.25, 0.3) is 0 Å². The van der Waals surface area contributed by atoms with Crippen LogP contribution in [0, 0.1) is 10.1 Å². The molecule has 0 aliphatic carbocycles. The van der Waals surface area contributed by atoms with E-state index in [1.807, 2.05) is 6.07 Å². The van der Waals surface area contributed by atoms with Gasteiger partial charge in [0.15, 0.2) is 5.75 Å². The second-order valence-electron chi connectivity index (χ2n) is 6.72. The first-order valence-corrected chi connectivity index (χ1v) is 8.56. The molecule has 8 nitrogen and oxygen atoms in total. The molecule has 0 unspecified atom stereocenters. The standard InChI is InChI=1S/C19H18F3NO5.CO2/c1-18(2,11-12-7-5-4-6-8-12)28-16-10-14(19(20,21)22)13(17(24)27-3)9-15(16)23(25)26;2-1-3/h4-10H,11H2,1-3H3;. The van der Waals surface area contributed by atoms with E-state index in [0.717, 1.165) is 12.7 Å². The Balaban J connectivity index is 0.00000151. The van der Waals surface area contributed by atoms with Crippen LogP contribution in [0.5, 0.6) is 5.75 Å². The van der Waals surface area contributed by atoms with Crippen molar-refractivity contribution in [1.82, 2.24) is 0 Å². The first-order valence-electron chi connectivity index (χ1n) is 8.56. The van der Waals surface area contributed by atoms with Gasteiger partial charge in [-0.3, -0.25) is 10.1 Å². The SMILES string of the molecule is COC(=O)c1cc([N+](=O)[O-])c(OC(C)(C)Cc2ccccc2)cc1C(F)(F)F.O=C=O. The summed E-state index contributed by atoms with van der Waals surface area (Å²) in [6.45, 7) is 3.20. The predicted octanol–water partition coefficient (Wildman–Crippen LogP) is 4.22. The van der Waals surface area contributed by atoms with Gasteiger partial charge in [0, 0.05) is 18.6 Å². The molecule has 0 N–H and O–H groups in total. The van der Waals surface area contributed by atoms with Crippen LogP contribution in [0.15, 0.2) is 42.5 Å². The number of nitrogens with zero attached hydrogens (tertiary/aromatic N) is 1. The fraction of sp³-hybridized carbons (Fsp3) is 0.300. The molecule has 11 heteroatoms. The van der Waals surface area contributed by atoms with Crippen molar-refractivity contribution in [3.8, 4) is 5.75 Å². The van der Waals surface area contributed by atoms with E-state index in [9.17, 15) is 28.1 Å². The normalized spacial score (nSPS) is 10.9. The Morgan fingerprint density at radius 3 is 2.13 bits per heavy atom. The topological polar surface area (TPSA) is 113 Å². The molecule has 0 heterocycles. The summed E-state index contributed by atoms with van der Waals surface area (Å²) in [4.78, 5) is 38.4. The quantitative estimate of drug-likeness (QED) is 0.375. The maximum absolute atomic E-state index is 13.4. The molecular weight excluding hydrogens is 423 g/mol. The molecule has 0 aliphatic heterocycles. The van der Waals surface area contributed by atoms with Crippen molar-refractivity contribution < 1.29 is 42.0 Å². The minimum atomic E-state index is -4.93. The van der Waals surface area contributed by atoms with Crippen LogP contribution in [0.25, 0.3) is 0 Å². The van der Waals surface area contributed by atoms with E-state index in [-0.39, 0.29) is 6.15 Å². The number of rotatable bonds is 6. The minimum absolute atomic E-state index is 0.250. The van der Waals surface area contributed by atoms with Crippen LogP contribution >= 0.6 is 0 Å². The molecule has 0 spiro atoms. The fourth-order valence-electron chi connectivity index (χ4n) is 2.73. The number of halogens is 3. The van der Waals surface area contributed by atoms with Gasteiger partial charge in [0.05, 0.1) is 23.2 Å². The molecular formula is C20H18F3NO7. The molecule has 0 saturated heterocycles. The summed E-state index contributed by atoms with van der Waals surface area (Å²) < 4.78 is 50.1. The predicted molar refractivity (Wildman–Crippen MR) is 99.3 cm³/mol.